The Morgan fingerprint density at radius 2 is 2.26 bits per heavy atom. The predicted molar refractivity (Wildman–Crippen MR) is 88.7 cm³/mol. The first kappa shape index (κ1) is 17.8. The maximum atomic E-state index is 11.4. The summed E-state index contributed by atoms with van der Waals surface area (Å²) in [5.74, 6) is 0.706. The quantitative estimate of drug-likeness (QED) is 0.654. The zero-order chi connectivity index (χ0) is 16.5. The first-order chi connectivity index (χ1) is 11.2. The van der Waals surface area contributed by atoms with E-state index in [1.54, 1.807) is 0 Å². The van der Waals surface area contributed by atoms with E-state index in [1.165, 1.54) is 12.7 Å². The van der Waals surface area contributed by atoms with Crippen LogP contribution < -0.4 is 4.74 Å². The standard InChI is InChI=1S/C18H27NO4/c1-15-5-3-6-16(13-15)23-12-10-19(9-8-18(20)21-2)14-17-7-4-11-22-17/h3,5-6,13,17H,4,7-12,14H2,1-2H3. The highest BCUT2D eigenvalue weighted by Gasteiger charge is 2.19. The number of ether oxygens (including phenoxy) is 3. The number of hydrogen-bond acceptors (Lipinski definition) is 5. The van der Waals surface area contributed by atoms with Crippen molar-refractivity contribution < 1.29 is 19.0 Å². The molecule has 1 heterocycles. The average molecular weight is 321 g/mol. The summed E-state index contributed by atoms with van der Waals surface area (Å²) in [4.78, 5) is 13.6. The number of rotatable bonds is 9. The van der Waals surface area contributed by atoms with Gasteiger partial charge in [0.2, 0.25) is 0 Å². The van der Waals surface area contributed by atoms with Gasteiger partial charge in [0.25, 0.3) is 0 Å². The fraction of sp³-hybridized carbons (Fsp3) is 0.611. The Kier molecular flexibility index (Phi) is 7.36. The van der Waals surface area contributed by atoms with Crippen molar-refractivity contribution in [2.24, 2.45) is 0 Å². The molecule has 0 N–H and O–H groups in total. The summed E-state index contributed by atoms with van der Waals surface area (Å²) in [7, 11) is 1.42. The Labute approximate surface area is 138 Å². The van der Waals surface area contributed by atoms with E-state index in [0.717, 1.165) is 38.3 Å². The lowest BCUT2D eigenvalue weighted by molar-refractivity contribution is -0.141. The number of carbonyl (C=O) groups excluding carboxylic acids is 1. The van der Waals surface area contributed by atoms with Crippen LogP contribution in [0, 0.1) is 6.92 Å². The van der Waals surface area contributed by atoms with Crippen molar-refractivity contribution in [3.8, 4) is 5.75 Å². The van der Waals surface area contributed by atoms with Crippen LogP contribution in [0.3, 0.4) is 0 Å². The van der Waals surface area contributed by atoms with Gasteiger partial charge in [0.05, 0.1) is 19.6 Å². The van der Waals surface area contributed by atoms with Gasteiger partial charge in [0.1, 0.15) is 12.4 Å². The van der Waals surface area contributed by atoms with Gasteiger partial charge in [-0.2, -0.15) is 0 Å². The molecule has 0 bridgehead atoms. The highest BCUT2D eigenvalue weighted by Crippen LogP contribution is 2.15. The SMILES string of the molecule is COC(=O)CCN(CCOc1cccc(C)c1)CC1CCCO1. The lowest BCUT2D eigenvalue weighted by Gasteiger charge is -2.24. The van der Waals surface area contributed by atoms with Crippen LogP contribution in [0.2, 0.25) is 0 Å². The smallest absolute Gasteiger partial charge is 0.306 e. The van der Waals surface area contributed by atoms with Crippen LogP contribution in [0.1, 0.15) is 24.8 Å². The van der Waals surface area contributed by atoms with Gasteiger partial charge >= 0.3 is 5.97 Å². The number of hydrogen-bond donors (Lipinski definition) is 0. The van der Waals surface area contributed by atoms with Gasteiger partial charge in [0.15, 0.2) is 0 Å². The van der Waals surface area contributed by atoms with E-state index in [4.69, 9.17) is 14.2 Å². The van der Waals surface area contributed by atoms with Crippen molar-refractivity contribution in [1.82, 2.24) is 4.90 Å². The third kappa shape index (κ3) is 6.59. The topological polar surface area (TPSA) is 48.0 Å². The monoisotopic (exact) mass is 321 g/mol. The molecule has 1 unspecified atom stereocenters. The van der Waals surface area contributed by atoms with Crippen LogP contribution in [0.15, 0.2) is 24.3 Å². The van der Waals surface area contributed by atoms with E-state index >= 15 is 0 Å². The van der Waals surface area contributed by atoms with E-state index < -0.39 is 0 Å². The van der Waals surface area contributed by atoms with Crippen LogP contribution >= 0.6 is 0 Å². The lowest BCUT2D eigenvalue weighted by atomic mass is 10.2. The molecule has 0 amide bonds. The van der Waals surface area contributed by atoms with Crippen LogP contribution in [0.4, 0.5) is 0 Å². The minimum Gasteiger partial charge on any atom is -0.492 e. The molecule has 5 nitrogen and oxygen atoms in total. The molecule has 1 aromatic rings. The molecule has 23 heavy (non-hydrogen) atoms. The van der Waals surface area contributed by atoms with Crippen LogP contribution in [0.5, 0.6) is 5.75 Å². The van der Waals surface area contributed by atoms with Crippen LogP contribution in [0.25, 0.3) is 0 Å². The Balaban J connectivity index is 1.79. The fourth-order valence-electron chi connectivity index (χ4n) is 2.72. The maximum Gasteiger partial charge on any atom is 0.306 e. The zero-order valence-electron chi connectivity index (χ0n) is 14.1. The maximum absolute atomic E-state index is 11.4. The average Bonchev–Trinajstić information content (AvgIpc) is 3.05. The third-order valence-corrected chi connectivity index (χ3v) is 4.01. The molecule has 0 aromatic heterocycles. The first-order valence-corrected chi connectivity index (χ1v) is 8.27. The minimum atomic E-state index is -0.179. The van der Waals surface area contributed by atoms with Crippen molar-refractivity contribution in [2.45, 2.75) is 32.3 Å². The van der Waals surface area contributed by atoms with Gasteiger partial charge in [-0.05, 0) is 37.5 Å². The molecule has 5 heteroatoms. The van der Waals surface area contributed by atoms with E-state index in [2.05, 4.69) is 4.90 Å². The van der Waals surface area contributed by atoms with Crippen molar-refractivity contribution in [3.05, 3.63) is 29.8 Å². The molecule has 1 aliphatic heterocycles. The lowest BCUT2D eigenvalue weighted by Crippen LogP contribution is -2.36. The Morgan fingerprint density at radius 1 is 1.39 bits per heavy atom. The van der Waals surface area contributed by atoms with Gasteiger partial charge in [-0.3, -0.25) is 9.69 Å². The summed E-state index contributed by atoms with van der Waals surface area (Å²) in [5.41, 5.74) is 1.18. The molecule has 1 aliphatic rings. The minimum absolute atomic E-state index is 0.179. The third-order valence-electron chi connectivity index (χ3n) is 4.01. The number of nitrogens with zero attached hydrogens (tertiary/aromatic N) is 1. The Morgan fingerprint density at radius 3 is 2.96 bits per heavy atom. The Bertz CT molecular complexity index is 486. The highest BCUT2D eigenvalue weighted by molar-refractivity contribution is 5.69. The second kappa shape index (κ2) is 9.53. The normalized spacial score (nSPS) is 17.4. The number of benzene rings is 1. The molecule has 0 saturated carbocycles. The van der Waals surface area contributed by atoms with Crippen LogP contribution in [-0.4, -0.2) is 56.9 Å². The molecular weight excluding hydrogens is 294 g/mol. The van der Waals surface area contributed by atoms with Crippen molar-refractivity contribution in [2.75, 3.05) is 40.0 Å². The molecule has 1 fully saturated rings. The van der Waals surface area contributed by atoms with Gasteiger partial charge in [-0.15, -0.1) is 0 Å². The molecule has 0 spiro atoms. The number of aryl methyl sites for hydroxylation is 1. The van der Waals surface area contributed by atoms with Crippen molar-refractivity contribution >= 4 is 5.97 Å². The second-order valence-electron chi connectivity index (χ2n) is 5.93. The van der Waals surface area contributed by atoms with E-state index in [-0.39, 0.29) is 12.1 Å². The van der Waals surface area contributed by atoms with Gasteiger partial charge in [0, 0.05) is 26.2 Å². The van der Waals surface area contributed by atoms with E-state index in [1.807, 2.05) is 31.2 Å². The van der Waals surface area contributed by atoms with E-state index in [0.29, 0.717) is 19.6 Å². The number of methoxy groups -OCH3 is 1. The van der Waals surface area contributed by atoms with Gasteiger partial charge < -0.3 is 14.2 Å². The molecule has 1 aromatic carbocycles. The van der Waals surface area contributed by atoms with E-state index in [9.17, 15) is 4.79 Å². The molecule has 128 valence electrons. The number of esters is 1. The molecule has 1 atom stereocenters. The van der Waals surface area contributed by atoms with Gasteiger partial charge in [-0.1, -0.05) is 12.1 Å². The highest BCUT2D eigenvalue weighted by atomic mass is 16.5. The largest absolute Gasteiger partial charge is 0.492 e. The summed E-state index contributed by atoms with van der Waals surface area (Å²) in [6.45, 7) is 5.77. The Hall–Kier alpha value is -1.59. The molecular formula is C18H27NO4. The predicted octanol–water partition coefficient (Wildman–Crippen LogP) is 2.42. The summed E-state index contributed by atoms with van der Waals surface area (Å²) in [6, 6.07) is 8.03. The van der Waals surface area contributed by atoms with Gasteiger partial charge in [-0.25, -0.2) is 0 Å². The summed E-state index contributed by atoms with van der Waals surface area (Å²) in [5, 5.41) is 0. The zero-order valence-corrected chi connectivity index (χ0v) is 14.1. The van der Waals surface area contributed by atoms with Crippen LogP contribution in [-0.2, 0) is 14.3 Å². The first-order valence-electron chi connectivity index (χ1n) is 8.27. The van der Waals surface area contributed by atoms with Crippen molar-refractivity contribution in [1.29, 1.82) is 0 Å². The van der Waals surface area contributed by atoms with Crippen molar-refractivity contribution in [3.63, 3.8) is 0 Å². The second-order valence-corrected chi connectivity index (χ2v) is 5.93. The summed E-state index contributed by atoms with van der Waals surface area (Å²) < 4.78 is 16.2. The molecule has 1 saturated heterocycles. The molecule has 0 aliphatic carbocycles. The molecule has 2 rings (SSSR count). The summed E-state index contributed by atoms with van der Waals surface area (Å²) in [6.07, 6.45) is 2.88. The summed E-state index contributed by atoms with van der Waals surface area (Å²) >= 11 is 0. The molecule has 0 radical (unpaired) electrons. The fourth-order valence-corrected chi connectivity index (χ4v) is 2.72. The number of carbonyl (C=O) groups is 1.